The molecule has 1 saturated heterocycles. The molecule has 0 aromatic rings. The minimum absolute atomic E-state index is 0.187. The van der Waals surface area contributed by atoms with Gasteiger partial charge in [-0.25, -0.2) is 0 Å². The molecule has 0 bridgehead atoms. The quantitative estimate of drug-likeness (QED) is 0.708. The molecule has 1 heterocycles. The molecule has 0 unspecified atom stereocenters. The first kappa shape index (κ1) is 15.9. The summed E-state index contributed by atoms with van der Waals surface area (Å²) >= 11 is 0. The topological polar surface area (TPSA) is 24.5 Å². The number of nitrogens with one attached hydrogen (secondary N) is 1. The summed E-state index contributed by atoms with van der Waals surface area (Å²) in [5.74, 6) is 0. The van der Waals surface area contributed by atoms with E-state index in [1.54, 1.807) is 0 Å². The Balaban J connectivity index is 2.08. The van der Waals surface area contributed by atoms with Crippen molar-refractivity contribution in [1.29, 1.82) is 0 Å². The van der Waals surface area contributed by atoms with Gasteiger partial charge in [0, 0.05) is 24.0 Å². The van der Waals surface area contributed by atoms with Gasteiger partial charge in [-0.15, -0.1) is 0 Å². The molecule has 1 aliphatic rings. The van der Waals surface area contributed by atoms with E-state index in [-0.39, 0.29) is 11.0 Å². The molecule has 0 spiro atoms. The van der Waals surface area contributed by atoms with Gasteiger partial charge >= 0.3 is 0 Å². The second kappa shape index (κ2) is 6.88. The summed E-state index contributed by atoms with van der Waals surface area (Å²) in [6, 6.07) is 0. The van der Waals surface area contributed by atoms with Gasteiger partial charge in [-0.3, -0.25) is 0 Å². The summed E-state index contributed by atoms with van der Waals surface area (Å²) in [4.78, 5) is 2.50. The van der Waals surface area contributed by atoms with Gasteiger partial charge in [0.05, 0.1) is 13.2 Å². The van der Waals surface area contributed by atoms with E-state index in [0.29, 0.717) is 0 Å². The highest BCUT2D eigenvalue weighted by molar-refractivity contribution is 4.78. The maximum absolute atomic E-state index is 5.84. The molecule has 0 radical (unpaired) electrons. The molecule has 0 aliphatic carbocycles. The minimum atomic E-state index is 0.187. The molecule has 3 nitrogen and oxygen atoms in total. The van der Waals surface area contributed by atoms with Crippen LogP contribution in [0.5, 0.6) is 0 Å². The molecule has 0 amide bonds. The average Bonchev–Trinajstić information content (AvgIpc) is 2.74. The third-order valence-electron chi connectivity index (χ3n) is 3.34. The normalized spacial score (nSPS) is 18.5. The van der Waals surface area contributed by atoms with Gasteiger partial charge in [-0.05, 0) is 46.7 Å². The number of likely N-dealkylation sites (tertiary alicyclic amines) is 1. The fraction of sp³-hybridized carbons (Fsp3) is 1.00. The van der Waals surface area contributed by atoms with Crippen molar-refractivity contribution in [2.45, 2.75) is 53.0 Å². The molecular formula is C15H32N2O. The Hall–Kier alpha value is -0.120. The average molecular weight is 256 g/mol. The highest BCUT2D eigenvalue weighted by Gasteiger charge is 2.21. The van der Waals surface area contributed by atoms with Crippen LogP contribution in [0.3, 0.4) is 0 Å². The molecule has 0 atom stereocenters. The van der Waals surface area contributed by atoms with Gasteiger partial charge in [0.25, 0.3) is 0 Å². The summed E-state index contributed by atoms with van der Waals surface area (Å²) in [7, 11) is 0. The van der Waals surface area contributed by atoms with E-state index in [1.807, 2.05) is 0 Å². The number of nitrogens with zero attached hydrogens (tertiary/aromatic N) is 1. The Morgan fingerprint density at radius 1 is 1.06 bits per heavy atom. The van der Waals surface area contributed by atoms with Crippen LogP contribution < -0.4 is 5.32 Å². The Morgan fingerprint density at radius 2 is 1.67 bits per heavy atom. The van der Waals surface area contributed by atoms with E-state index in [2.05, 4.69) is 44.8 Å². The number of hydrogen-bond donors (Lipinski definition) is 1. The summed E-state index contributed by atoms with van der Waals surface area (Å²) in [5.41, 5.74) is 0.394. The van der Waals surface area contributed by atoms with Crippen LogP contribution in [0.2, 0.25) is 0 Å². The summed E-state index contributed by atoms with van der Waals surface area (Å²) in [5, 5.41) is 3.55. The van der Waals surface area contributed by atoms with Crippen molar-refractivity contribution in [3.8, 4) is 0 Å². The zero-order valence-electron chi connectivity index (χ0n) is 13.0. The van der Waals surface area contributed by atoms with Crippen molar-refractivity contribution in [1.82, 2.24) is 10.2 Å². The summed E-state index contributed by atoms with van der Waals surface area (Å²) < 4.78 is 5.84. The third-order valence-corrected chi connectivity index (χ3v) is 3.34. The SMILES string of the molecule is CC(C)(CNC(C)(C)C)COCCN1CCCC1. The van der Waals surface area contributed by atoms with Crippen molar-refractivity contribution < 1.29 is 4.74 Å². The van der Waals surface area contributed by atoms with Gasteiger partial charge in [0.2, 0.25) is 0 Å². The molecule has 0 aromatic heterocycles. The van der Waals surface area contributed by atoms with Crippen molar-refractivity contribution >= 4 is 0 Å². The maximum atomic E-state index is 5.84. The lowest BCUT2D eigenvalue weighted by molar-refractivity contribution is 0.0480. The molecule has 1 fully saturated rings. The van der Waals surface area contributed by atoms with E-state index < -0.39 is 0 Å². The lowest BCUT2D eigenvalue weighted by Gasteiger charge is -2.30. The highest BCUT2D eigenvalue weighted by atomic mass is 16.5. The standard InChI is InChI=1S/C15H32N2O/c1-14(2,3)16-12-15(4,5)13-18-11-10-17-8-6-7-9-17/h16H,6-13H2,1-5H3. The Labute approximate surface area is 113 Å². The van der Waals surface area contributed by atoms with Gasteiger partial charge in [-0.2, -0.15) is 0 Å². The predicted molar refractivity (Wildman–Crippen MR) is 78.0 cm³/mol. The van der Waals surface area contributed by atoms with Gasteiger partial charge in [0.1, 0.15) is 0 Å². The molecule has 0 saturated carbocycles. The second-order valence-electron chi connectivity index (χ2n) is 7.37. The number of rotatable bonds is 7. The molecule has 0 aromatic carbocycles. The van der Waals surface area contributed by atoms with Crippen LogP contribution in [0, 0.1) is 5.41 Å². The first-order valence-corrected chi connectivity index (χ1v) is 7.34. The van der Waals surface area contributed by atoms with E-state index >= 15 is 0 Å². The fourth-order valence-electron chi connectivity index (χ4n) is 2.10. The van der Waals surface area contributed by atoms with Crippen LogP contribution in [-0.2, 0) is 4.74 Å². The van der Waals surface area contributed by atoms with E-state index in [4.69, 9.17) is 4.74 Å². The van der Waals surface area contributed by atoms with Crippen LogP contribution in [0.15, 0.2) is 0 Å². The van der Waals surface area contributed by atoms with Crippen molar-refractivity contribution in [3.63, 3.8) is 0 Å². The number of hydrogen-bond acceptors (Lipinski definition) is 3. The Bertz CT molecular complexity index is 227. The predicted octanol–water partition coefficient (Wildman–Crippen LogP) is 2.51. The molecule has 1 aliphatic heterocycles. The van der Waals surface area contributed by atoms with E-state index in [9.17, 15) is 0 Å². The lowest BCUT2D eigenvalue weighted by atomic mass is 9.93. The first-order valence-electron chi connectivity index (χ1n) is 7.34. The largest absolute Gasteiger partial charge is 0.380 e. The van der Waals surface area contributed by atoms with Crippen LogP contribution in [0.25, 0.3) is 0 Å². The van der Waals surface area contributed by atoms with E-state index in [1.165, 1.54) is 25.9 Å². The van der Waals surface area contributed by atoms with Gasteiger partial charge in [-0.1, -0.05) is 13.8 Å². The van der Waals surface area contributed by atoms with Crippen molar-refractivity contribution in [2.75, 3.05) is 39.4 Å². The zero-order chi connectivity index (χ0) is 13.6. The lowest BCUT2D eigenvalue weighted by Crippen LogP contribution is -2.43. The highest BCUT2D eigenvalue weighted by Crippen LogP contribution is 2.16. The third kappa shape index (κ3) is 7.34. The molecule has 18 heavy (non-hydrogen) atoms. The van der Waals surface area contributed by atoms with Crippen molar-refractivity contribution in [2.24, 2.45) is 5.41 Å². The maximum Gasteiger partial charge on any atom is 0.0593 e. The summed E-state index contributed by atoms with van der Waals surface area (Å²) in [6.45, 7) is 17.5. The fourth-order valence-corrected chi connectivity index (χ4v) is 2.10. The Morgan fingerprint density at radius 3 is 2.22 bits per heavy atom. The molecular weight excluding hydrogens is 224 g/mol. The molecule has 1 N–H and O–H groups in total. The van der Waals surface area contributed by atoms with Crippen LogP contribution in [0.1, 0.15) is 47.5 Å². The first-order chi connectivity index (χ1) is 8.29. The monoisotopic (exact) mass is 256 g/mol. The van der Waals surface area contributed by atoms with Gasteiger partial charge in [0.15, 0.2) is 0 Å². The zero-order valence-corrected chi connectivity index (χ0v) is 13.0. The smallest absolute Gasteiger partial charge is 0.0593 e. The van der Waals surface area contributed by atoms with Gasteiger partial charge < -0.3 is 15.0 Å². The Kier molecular flexibility index (Phi) is 6.09. The second-order valence-corrected chi connectivity index (χ2v) is 7.37. The minimum Gasteiger partial charge on any atom is -0.380 e. The molecule has 3 heteroatoms. The van der Waals surface area contributed by atoms with Crippen LogP contribution in [-0.4, -0.2) is 49.8 Å². The van der Waals surface area contributed by atoms with E-state index in [0.717, 1.165) is 26.3 Å². The molecule has 1 rings (SSSR count). The summed E-state index contributed by atoms with van der Waals surface area (Å²) in [6.07, 6.45) is 2.72. The van der Waals surface area contributed by atoms with Crippen molar-refractivity contribution in [3.05, 3.63) is 0 Å². The van der Waals surface area contributed by atoms with Crippen LogP contribution >= 0.6 is 0 Å². The number of ether oxygens (including phenoxy) is 1. The van der Waals surface area contributed by atoms with Crippen LogP contribution in [0.4, 0.5) is 0 Å². The molecule has 108 valence electrons.